The molecule has 0 bridgehead atoms. The van der Waals surface area contributed by atoms with Crippen LogP contribution in [0.5, 0.6) is 0 Å². The van der Waals surface area contributed by atoms with Gasteiger partial charge < -0.3 is 10.2 Å². The molecule has 2 aromatic carbocycles. The molecule has 0 unspecified atom stereocenters. The van der Waals surface area contributed by atoms with E-state index in [-0.39, 0.29) is 11.8 Å². The number of amides is 1. The Balaban J connectivity index is 1.30. The van der Waals surface area contributed by atoms with Crippen LogP contribution in [-0.4, -0.2) is 49.8 Å². The zero-order valence-electron chi connectivity index (χ0n) is 20.8. The van der Waals surface area contributed by atoms with Gasteiger partial charge in [-0.15, -0.1) is 0 Å². The van der Waals surface area contributed by atoms with Gasteiger partial charge in [-0.3, -0.25) is 4.79 Å². The normalized spacial score (nSPS) is 19.4. The lowest BCUT2D eigenvalue weighted by molar-refractivity contribution is -0.120. The van der Waals surface area contributed by atoms with Gasteiger partial charge in [-0.1, -0.05) is 25.5 Å². The van der Waals surface area contributed by atoms with E-state index in [4.69, 9.17) is 4.98 Å². The topological polar surface area (TPSA) is 82.6 Å². The van der Waals surface area contributed by atoms with Gasteiger partial charge in [-0.2, -0.15) is 4.31 Å². The zero-order valence-corrected chi connectivity index (χ0v) is 21.6. The van der Waals surface area contributed by atoms with E-state index in [1.807, 2.05) is 30.3 Å². The highest BCUT2D eigenvalue weighted by Crippen LogP contribution is 2.28. The van der Waals surface area contributed by atoms with E-state index >= 15 is 0 Å². The van der Waals surface area contributed by atoms with Crippen molar-refractivity contribution in [2.75, 3.05) is 36.4 Å². The Bertz CT molecular complexity index is 1350. The molecule has 190 valence electrons. The molecule has 3 heterocycles. The molecule has 5 rings (SSSR count). The lowest BCUT2D eigenvalue weighted by atomic mass is 9.97. The van der Waals surface area contributed by atoms with Crippen LogP contribution >= 0.6 is 0 Å². The summed E-state index contributed by atoms with van der Waals surface area (Å²) in [7, 11) is -3.48. The largest absolute Gasteiger partial charge is 0.356 e. The van der Waals surface area contributed by atoms with Gasteiger partial charge in [0.15, 0.2) is 0 Å². The maximum absolute atomic E-state index is 13.1. The minimum absolute atomic E-state index is 0.0429. The SMILES string of the molecule is CCc1cccc(NC(=O)[C@@H]2CCCN(c3ccc4cc(S(=O)(=O)N5CCCCC5)ccc4n3)C2)c1. The number of nitrogens with one attached hydrogen (secondary N) is 1. The number of aryl methyl sites for hydroxylation is 1. The highest BCUT2D eigenvalue weighted by Gasteiger charge is 2.28. The van der Waals surface area contributed by atoms with E-state index in [2.05, 4.69) is 23.2 Å². The van der Waals surface area contributed by atoms with E-state index < -0.39 is 10.0 Å². The number of pyridine rings is 1. The first-order valence-corrected chi connectivity index (χ1v) is 14.4. The Morgan fingerprint density at radius 3 is 2.64 bits per heavy atom. The molecule has 0 spiro atoms. The molecule has 36 heavy (non-hydrogen) atoms. The lowest BCUT2D eigenvalue weighted by Gasteiger charge is -2.33. The molecule has 0 saturated carbocycles. The highest BCUT2D eigenvalue weighted by atomic mass is 32.2. The van der Waals surface area contributed by atoms with Crippen molar-refractivity contribution in [3.63, 3.8) is 0 Å². The minimum atomic E-state index is -3.48. The van der Waals surface area contributed by atoms with Crippen LogP contribution in [0.3, 0.4) is 0 Å². The molecule has 2 aliphatic heterocycles. The smallest absolute Gasteiger partial charge is 0.243 e. The first kappa shape index (κ1) is 24.7. The number of rotatable bonds is 6. The molecule has 1 atom stereocenters. The van der Waals surface area contributed by atoms with Crippen molar-refractivity contribution in [2.45, 2.75) is 50.3 Å². The molecule has 2 aliphatic rings. The number of hydrogen-bond acceptors (Lipinski definition) is 5. The van der Waals surface area contributed by atoms with Crippen molar-refractivity contribution in [3.05, 3.63) is 60.2 Å². The fourth-order valence-corrected chi connectivity index (χ4v) is 6.75. The minimum Gasteiger partial charge on any atom is -0.356 e. The molecule has 2 saturated heterocycles. The molecular weight excluding hydrogens is 472 g/mol. The summed E-state index contributed by atoms with van der Waals surface area (Å²) in [6, 6.07) is 17.1. The number of sulfonamides is 1. The Kier molecular flexibility index (Phi) is 7.25. The highest BCUT2D eigenvalue weighted by molar-refractivity contribution is 7.89. The summed E-state index contributed by atoms with van der Waals surface area (Å²) in [6.45, 7) is 4.73. The van der Waals surface area contributed by atoms with Gasteiger partial charge in [-0.25, -0.2) is 13.4 Å². The van der Waals surface area contributed by atoms with Gasteiger partial charge in [0.1, 0.15) is 5.82 Å². The third-order valence-electron chi connectivity index (χ3n) is 7.32. The van der Waals surface area contributed by atoms with Crippen molar-refractivity contribution in [1.29, 1.82) is 0 Å². The summed E-state index contributed by atoms with van der Waals surface area (Å²) in [5.41, 5.74) is 2.80. The molecule has 1 aromatic heterocycles. The van der Waals surface area contributed by atoms with Crippen molar-refractivity contribution in [1.82, 2.24) is 9.29 Å². The maximum atomic E-state index is 13.1. The van der Waals surface area contributed by atoms with Crippen LogP contribution in [0.2, 0.25) is 0 Å². The molecule has 0 aliphatic carbocycles. The number of aromatic nitrogens is 1. The Morgan fingerprint density at radius 2 is 1.83 bits per heavy atom. The van der Waals surface area contributed by atoms with E-state index in [9.17, 15) is 13.2 Å². The number of fused-ring (bicyclic) bond motifs is 1. The van der Waals surface area contributed by atoms with Gasteiger partial charge in [0.05, 0.1) is 16.3 Å². The number of hydrogen-bond donors (Lipinski definition) is 1. The molecule has 7 nitrogen and oxygen atoms in total. The number of nitrogens with zero attached hydrogens (tertiary/aromatic N) is 3. The summed E-state index contributed by atoms with van der Waals surface area (Å²) in [5, 5.41) is 3.89. The number of anilines is 2. The van der Waals surface area contributed by atoms with Crippen LogP contribution in [0.15, 0.2) is 59.5 Å². The summed E-state index contributed by atoms with van der Waals surface area (Å²) in [5.74, 6) is 0.750. The van der Waals surface area contributed by atoms with Crippen molar-refractivity contribution < 1.29 is 13.2 Å². The maximum Gasteiger partial charge on any atom is 0.243 e. The molecule has 1 N–H and O–H groups in total. The third kappa shape index (κ3) is 5.25. The fourth-order valence-electron chi connectivity index (χ4n) is 5.20. The van der Waals surface area contributed by atoms with Crippen LogP contribution in [0.25, 0.3) is 10.9 Å². The number of piperidine rings is 2. The quantitative estimate of drug-likeness (QED) is 0.518. The van der Waals surface area contributed by atoms with Gasteiger partial charge in [0, 0.05) is 37.3 Å². The van der Waals surface area contributed by atoms with Gasteiger partial charge in [0.2, 0.25) is 15.9 Å². The number of carbonyl (C=O) groups is 1. The van der Waals surface area contributed by atoms with E-state index in [0.717, 1.165) is 67.5 Å². The lowest BCUT2D eigenvalue weighted by Crippen LogP contribution is -2.41. The molecule has 0 radical (unpaired) electrons. The van der Waals surface area contributed by atoms with Crippen molar-refractivity contribution in [3.8, 4) is 0 Å². The van der Waals surface area contributed by atoms with Gasteiger partial charge in [-0.05, 0) is 80.1 Å². The molecule has 1 amide bonds. The molecule has 8 heteroatoms. The van der Waals surface area contributed by atoms with Crippen molar-refractivity contribution in [2.24, 2.45) is 5.92 Å². The molecule has 2 fully saturated rings. The van der Waals surface area contributed by atoms with Gasteiger partial charge in [0.25, 0.3) is 0 Å². The Labute approximate surface area is 213 Å². The second-order valence-corrected chi connectivity index (χ2v) is 11.8. The predicted molar refractivity (Wildman–Crippen MR) is 144 cm³/mol. The third-order valence-corrected chi connectivity index (χ3v) is 9.21. The predicted octanol–water partition coefficient (Wildman–Crippen LogP) is 4.83. The Hall–Kier alpha value is -2.97. The summed E-state index contributed by atoms with van der Waals surface area (Å²) < 4.78 is 27.7. The van der Waals surface area contributed by atoms with E-state index in [1.165, 1.54) is 5.56 Å². The Morgan fingerprint density at radius 1 is 1.00 bits per heavy atom. The first-order chi connectivity index (χ1) is 17.4. The molecular formula is C28H34N4O3S. The molecule has 3 aromatic rings. The number of benzene rings is 2. The van der Waals surface area contributed by atoms with Crippen LogP contribution in [-0.2, 0) is 21.2 Å². The standard InChI is InChI=1S/C28H34N4O3S/c1-2-21-8-6-10-24(18-21)29-28(33)23-9-7-15-31(20-23)27-14-11-22-19-25(12-13-26(22)30-27)36(34,35)32-16-4-3-5-17-32/h6,8,10-14,18-19,23H,2-5,7,9,15-17,20H2,1H3,(H,29,33)/t23-/m1/s1. The monoisotopic (exact) mass is 506 g/mol. The van der Waals surface area contributed by atoms with Crippen LogP contribution < -0.4 is 10.2 Å². The van der Waals surface area contributed by atoms with Crippen molar-refractivity contribution >= 4 is 38.3 Å². The first-order valence-electron chi connectivity index (χ1n) is 13.0. The summed E-state index contributed by atoms with van der Waals surface area (Å²) in [4.78, 5) is 20.3. The van der Waals surface area contributed by atoms with Crippen LogP contribution in [0.4, 0.5) is 11.5 Å². The summed E-state index contributed by atoms with van der Waals surface area (Å²) in [6.07, 6.45) is 5.61. The summed E-state index contributed by atoms with van der Waals surface area (Å²) >= 11 is 0. The average Bonchev–Trinajstić information content (AvgIpc) is 2.93. The second kappa shape index (κ2) is 10.6. The van der Waals surface area contributed by atoms with Gasteiger partial charge >= 0.3 is 0 Å². The second-order valence-electron chi connectivity index (χ2n) is 9.82. The number of carbonyl (C=O) groups excluding carboxylic acids is 1. The van der Waals surface area contributed by atoms with Crippen LogP contribution in [0.1, 0.15) is 44.6 Å². The van der Waals surface area contributed by atoms with Crippen LogP contribution in [0, 0.1) is 5.92 Å². The zero-order chi connectivity index (χ0) is 25.1. The van der Waals surface area contributed by atoms with E-state index in [1.54, 1.807) is 22.5 Å². The fraction of sp³-hybridized carbons (Fsp3) is 0.429. The van der Waals surface area contributed by atoms with E-state index in [0.29, 0.717) is 24.5 Å². The average molecular weight is 507 g/mol.